The molecule has 0 fully saturated rings. The van der Waals surface area contributed by atoms with Crippen LogP contribution in [0.15, 0.2) is 193 Å². The topological polar surface area (TPSA) is 37.3 Å². The Balaban J connectivity index is 1.24. The SMILES string of the molecule is C1=C(c2ccccc2)N=C(c2cc3nc(-c4ccccc4)cc(-c4ccccc4)c3c3ccccc23)NC1c1ccc(-c2ccccc2)cc1. The second-order valence-electron chi connectivity index (χ2n) is 12.6. The van der Waals surface area contributed by atoms with E-state index in [1.54, 1.807) is 0 Å². The standard InChI is InChI=1S/C47H33N3/c1-5-15-32(16-6-1)33-25-27-37(28-26-33)44-31-43(36-21-11-4-12-22-36)49-47(50-44)41-30-45-46(39-24-14-13-23-38(39)41)40(34-17-7-2-8-18-34)29-42(48-45)35-19-9-3-10-20-35/h1-31,44H,(H,49,50). The zero-order valence-corrected chi connectivity index (χ0v) is 27.4. The predicted octanol–water partition coefficient (Wildman–Crippen LogP) is 11.5. The van der Waals surface area contributed by atoms with Gasteiger partial charge in [0.05, 0.1) is 22.9 Å². The van der Waals surface area contributed by atoms with E-state index in [1.165, 1.54) is 16.7 Å². The Morgan fingerprint density at radius 1 is 0.440 bits per heavy atom. The lowest BCUT2D eigenvalue weighted by Gasteiger charge is -2.26. The Morgan fingerprint density at radius 3 is 1.64 bits per heavy atom. The van der Waals surface area contributed by atoms with Gasteiger partial charge in [-0.05, 0) is 62.4 Å². The Kier molecular flexibility index (Phi) is 7.56. The van der Waals surface area contributed by atoms with Crippen LogP contribution in [0.1, 0.15) is 22.7 Å². The summed E-state index contributed by atoms with van der Waals surface area (Å²) in [7, 11) is 0. The van der Waals surface area contributed by atoms with Gasteiger partial charge in [-0.1, -0.05) is 170 Å². The fraction of sp³-hybridized carbons (Fsp3) is 0.0213. The molecule has 3 heteroatoms. The molecule has 3 nitrogen and oxygen atoms in total. The largest absolute Gasteiger partial charge is 0.359 e. The molecule has 50 heavy (non-hydrogen) atoms. The van der Waals surface area contributed by atoms with E-state index < -0.39 is 0 Å². The molecule has 1 atom stereocenters. The number of nitrogens with zero attached hydrogens (tertiary/aromatic N) is 2. The first kappa shape index (κ1) is 29.6. The molecule has 8 aromatic rings. The van der Waals surface area contributed by atoms with Crippen molar-refractivity contribution < 1.29 is 0 Å². The quantitative estimate of drug-likeness (QED) is 0.184. The summed E-state index contributed by atoms with van der Waals surface area (Å²) in [5, 5.41) is 7.26. The van der Waals surface area contributed by atoms with Gasteiger partial charge in [0, 0.05) is 16.5 Å². The number of pyridine rings is 1. The molecular formula is C47H33N3. The average molecular weight is 640 g/mol. The Bertz CT molecular complexity index is 2520. The number of amidine groups is 1. The minimum atomic E-state index is -0.0829. The van der Waals surface area contributed by atoms with Crippen molar-refractivity contribution in [2.75, 3.05) is 0 Å². The summed E-state index contributed by atoms with van der Waals surface area (Å²) in [4.78, 5) is 10.7. The first-order valence-corrected chi connectivity index (χ1v) is 17.0. The average Bonchev–Trinajstić information content (AvgIpc) is 3.21. The smallest absolute Gasteiger partial charge is 0.135 e. The Labute approximate surface area is 292 Å². The molecule has 236 valence electrons. The minimum Gasteiger partial charge on any atom is -0.359 e. The summed E-state index contributed by atoms with van der Waals surface area (Å²) in [5.41, 5.74) is 11.9. The lowest BCUT2D eigenvalue weighted by molar-refractivity contribution is 0.781. The van der Waals surface area contributed by atoms with Gasteiger partial charge < -0.3 is 5.32 Å². The van der Waals surface area contributed by atoms with Gasteiger partial charge >= 0.3 is 0 Å². The molecule has 7 aromatic carbocycles. The van der Waals surface area contributed by atoms with Gasteiger partial charge in [-0.15, -0.1) is 0 Å². The van der Waals surface area contributed by atoms with Crippen molar-refractivity contribution in [1.29, 1.82) is 0 Å². The van der Waals surface area contributed by atoms with Gasteiger partial charge in [0.25, 0.3) is 0 Å². The van der Waals surface area contributed by atoms with Gasteiger partial charge in [0.15, 0.2) is 0 Å². The molecule has 0 saturated carbocycles. The molecule has 1 aliphatic rings. The number of aliphatic imine (C=N–C) groups is 1. The number of aromatic nitrogens is 1. The van der Waals surface area contributed by atoms with Crippen LogP contribution in [-0.2, 0) is 0 Å². The third-order valence-electron chi connectivity index (χ3n) is 9.52. The maximum atomic E-state index is 5.33. The monoisotopic (exact) mass is 639 g/mol. The van der Waals surface area contributed by atoms with Gasteiger partial charge in [0.1, 0.15) is 5.84 Å². The van der Waals surface area contributed by atoms with E-state index in [0.29, 0.717) is 0 Å². The number of fused-ring (bicyclic) bond motifs is 3. The maximum absolute atomic E-state index is 5.33. The molecule has 0 spiro atoms. The van der Waals surface area contributed by atoms with Gasteiger partial charge in [-0.25, -0.2) is 9.98 Å². The van der Waals surface area contributed by atoms with Crippen molar-refractivity contribution in [3.63, 3.8) is 0 Å². The van der Waals surface area contributed by atoms with Crippen molar-refractivity contribution in [3.05, 3.63) is 205 Å². The van der Waals surface area contributed by atoms with Crippen LogP contribution in [0.25, 0.3) is 60.9 Å². The second-order valence-corrected chi connectivity index (χ2v) is 12.6. The summed E-state index contributed by atoms with van der Waals surface area (Å²) >= 11 is 0. The van der Waals surface area contributed by atoms with Crippen LogP contribution in [0.5, 0.6) is 0 Å². The molecule has 9 rings (SSSR count). The van der Waals surface area contributed by atoms with E-state index in [9.17, 15) is 0 Å². The molecule has 1 unspecified atom stereocenters. The van der Waals surface area contributed by atoms with Crippen LogP contribution in [-0.4, -0.2) is 10.8 Å². The van der Waals surface area contributed by atoms with Crippen LogP contribution < -0.4 is 5.32 Å². The molecule has 1 N–H and O–H groups in total. The van der Waals surface area contributed by atoms with Crippen molar-refractivity contribution in [2.45, 2.75) is 6.04 Å². The lowest BCUT2D eigenvalue weighted by Crippen LogP contribution is -2.31. The highest BCUT2D eigenvalue weighted by molar-refractivity contribution is 6.22. The predicted molar refractivity (Wildman–Crippen MR) is 209 cm³/mol. The molecule has 0 aliphatic carbocycles. The van der Waals surface area contributed by atoms with Crippen molar-refractivity contribution in [2.24, 2.45) is 4.99 Å². The summed E-state index contributed by atoms with van der Waals surface area (Å²) < 4.78 is 0. The zero-order chi connectivity index (χ0) is 33.3. The molecule has 0 bridgehead atoms. The third-order valence-corrected chi connectivity index (χ3v) is 9.52. The number of rotatable bonds is 6. The van der Waals surface area contributed by atoms with Crippen molar-refractivity contribution in [3.8, 4) is 33.5 Å². The summed E-state index contributed by atoms with van der Waals surface area (Å²) in [6.07, 6.45) is 2.23. The van der Waals surface area contributed by atoms with Crippen LogP contribution >= 0.6 is 0 Å². The summed E-state index contributed by atoms with van der Waals surface area (Å²) in [5.74, 6) is 0.828. The van der Waals surface area contributed by atoms with Gasteiger partial charge in [-0.3, -0.25) is 0 Å². The molecule has 1 aromatic heterocycles. The molecule has 0 radical (unpaired) electrons. The lowest BCUT2D eigenvalue weighted by atomic mass is 9.91. The molecule has 0 amide bonds. The highest BCUT2D eigenvalue weighted by Crippen LogP contribution is 2.39. The minimum absolute atomic E-state index is 0.0829. The molecule has 1 aliphatic heterocycles. The molecule has 0 saturated heterocycles. The number of benzene rings is 7. The van der Waals surface area contributed by atoms with E-state index in [1.807, 2.05) is 12.1 Å². The van der Waals surface area contributed by atoms with Gasteiger partial charge in [-0.2, -0.15) is 0 Å². The van der Waals surface area contributed by atoms with E-state index in [-0.39, 0.29) is 6.04 Å². The summed E-state index contributed by atoms with van der Waals surface area (Å²) in [6.45, 7) is 0. The Hall–Kier alpha value is -6.58. The molecular weight excluding hydrogens is 607 g/mol. The fourth-order valence-corrected chi connectivity index (χ4v) is 7.04. The Morgan fingerprint density at radius 2 is 0.980 bits per heavy atom. The van der Waals surface area contributed by atoms with Crippen LogP contribution in [0, 0.1) is 0 Å². The number of hydrogen-bond acceptors (Lipinski definition) is 3. The van der Waals surface area contributed by atoms with Gasteiger partial charge in [0.2, 0.25) is 0 Å². The number of hydrogen-bond donors (Lipinski definition) is 1. The van der Waals surface area contributed by atoms with Crippen LogP contribution in [0.3, 0.4) is 0 Å². The highest BCUT2D eigenvalue weighted by Gasteiger charge is 2.23. The van der Waals surface area contributed by atoms with E-state index in [2.05, 4.69) is 181 Å². The zero-order valence-electron chi connectivity index (χ0n) is 27.4. The van der Waals surface area contributed by atoms with E-state index in [4.69, 9.17) is 9.98 Å². The normalized spacial score (nSPS) is 14.2. The second kappa shape index (κ2) is 12.8. The van der Waals surface area contributed by atoms with Crippen LogP contribution in [0.2, 0.25) is 0 Å². The third kappa shape index (κ3) is 5.55. The first-order valence-electron chi connectivity index (χ1n) is 17.0. The first-order chi connectivity index (χ1) is 24.8. The van der Waals surface area contributed by atoms with E-state index >= 15 is 0 Å². The highest BCUT2D eigenvalue weighted by atomic mass is 15.0. The van der Waals surface area contributed by atoms with E-state index in [0.717, 1.165) is 66.7 Å². The molecule has 2 heterocycles. The maximum Gasteiger partial charge on any atom is 0.135 e. The van der Waals surface area contributed by atoms with Crippen molar-refractivity contribution in [1.82, 2.24) is 10.3 Å². The number of nitrogens with one attached hydrogen (secondary N) is 1. The fourth-order valence-electron chi connectivity index (χ4n) is 7.04. The van der Waals surface area contributed by atoms with Crippen molar-refractivity contribution >= 4 is 33.2 Å². The van der Waals surface area contributed by atoms with Crippen LogP contribution in [0.4, 0.5) is 0 Å². The summed E-state index contributed by atoms with van der Waals surface area (Å²) in [6, 6.07) is 63.9.